The van der Waals surface area contributed by atoms with E-state index in [9.17, 15) is 4.79 Å². The number of imidazole rings is 1. The average molecular weight is 345 g/mol. The van der Waals surface area contributed by atoms with E-state index in [0.29, 0.717) is 24.6 Å². The van der Waals surface area contributed by atoms with Crippen LogP contribution >= 0.6 is 0 Å². The van der Waals surface area contributed by atoms with Gasteiger partial charge in [0, 0.05) is 18.7 Å². The summed E-state index contributed by atoms with van der Waals surface area (Å²) < 4.78 is 5.19. The van der Waals surface area contributed by atoms with Crippen LogP contribution in [0.15, 0.2) is 66.9 Å². The van der Waals surface area contributed by atoms with Gasteiger partial charge in [-0.05, 0) is 23.3 Å². The maximum Gasteiger partial charge on any atom is 0.272 e. The summed E-state index contributed by atoms with van der Waals surface area (Å²) in [6, 6.07) is 17.7. The summed E-state index contributed by atoms with van der Waals surface area (Å²) >= 11 is 0. The van der Waals surface area contributed by atoms with Crippen molar-refractivity contribution in [2.24, 2.45) is 0 Å². The van der Waals surface area contributed by atoms with E-state index in [1.165, 1.54) is 0 Å². The lowest BCUT2D eigenvalue weighted by Crippen LogP contribution is -2.29. The number of hydrogen-bond acceptors (Lipinski definition) is 3. The van der Waals surface area contributed by atoms with Crippen LogP contribution in [0, 0.1) is 0 Å². The van der Waals surface area contributed by atoms with Crippen LogP contribution in [0.4, 0.5) is 0 Å². The van der Waals surface area contributed by atoms with Crippen molar-refractivity contribution in [3.63, 3.8) is 0 Å². The van der Waals surface area contributed by atoms with Crippen LogP contribution in [0.1, 0.15) is 16.1 Å². The Balaban J connectivity index is 1.46. The number of ether oxygens (including phenoxy) is 1. The van der Waals surface area contributed by atoms with Gasteiger partial charge in [0.1, 0.15) is 17.3 Å². The van der Waals surface area contributed by atoms with Crippen LogP contribution in [-0.2, 0) is 0 Å². The number of benzene rings is 2. The fraction of sp³-hybridized carbons (Fsp3) is 0.143. The molecule has 0 unspecified atom stereocenters. The fourth-order valence-corrected chi connectivity index (χ4v) is 3.07. The van der Waals surface area contributed by atoms with Crippen molar-refractivity contribution in [3.05, 3.63) is 78.1 Å². The van der Waals surface area contributed by atoms with Gasteiger partial charge in [0.25, 0.3) is 5.91 Å². The molecule has 0 bridgehead atoms. The zero-order valence-corrected chi connectivity index (χ0v) is 14.5. The molecule has 5 heteroatoms. The minimum atomic E-state index is -0.0422. The highest BCUT2D eigenvalue weighted by atomic mass is 16.5. The van der Waals surface area contributed by atoms with Crippen molar-refractivity contribution in [1.29, 1.82) is 0 Å². The molecule has 1 aliphatic rings. The summed E-state index contributed by atoms with van der Waals surface area (Å²) in [6.07, 6.45) is 3.70. The van der Waals surface area contributed by atoms with Gasteiger partial charge in [-0.2, -0.15) is 0 Å². The molecule has 0 saturated heterocycles. The number of aromatic amines is 1. The van der Waals surface area contributed by atoms with Crippen molar-refractivity contribution >= 4 is 11.5 Å². The molecule has 1 amide bonds. The number of rotatable bonds is 4. The zero-order valence-electron chi connectivity index (χ0n) is 14.5. The quantitative estimate of drug-likeness (QED) is 0.786. The van der Waals surface area contributed by atoms with Crippen LogP contribution in [0.3, 0.4) is 0 Å². The molecule has 0 atom stereocenters. The number of carbonyl (C=O) groups is 1. The van der Waals surface area contributed by atoms with Gasteiger partial charge in [-0.15, -0.1) is 0 Å². The number of nitrogens with one attached hydrogen (secondary N) is 1. The van der Waals surface area contributed by atoms with Gasteiger partial charge in [-0.3, -0.25) is 4.79 Å². The summed E-state index contributed by atoms with van der Waals surface area (Å²) in [5, 5.41) is 0. The molecule has 5 nitrogen and oxygen atoms in total. The molecule has 0 radical (unpaired) electrons. The topological polar surface area (TPSA) is 58.2 Å². The number of hydrogen-bond donors (Lipinski definition) is 1. The van der Waals surface area contributed by atoms with Gasteiger partial charge in [0.05, 0.1) is 13.3 Å². The molecule has 3 aromatic rings. The maximum absolute atomic E-state index is 12.8. The Morgan fingerprint density at radius 3 is 2.58 bits per heavy atom. The van der Waals surface area contributed by atoms with Crippen molar-refractivity contribution in [3.8, 4) is 17.1 Å². The Kier molecular flexibility index (Phi) is 4.27. The fourth-order valence-electron chi connectivity index (χ4n) is 3.07. The molecule has 0 saturated carbocycles. The molecular formula is C21H19N3O2. The Morgan fingerprint density at radius 2 is 1.85 bits per heavy atom. The smallest absolute Gasteiger partial charge is 0.272 e. The van der Waals surface area contributed by atoms with Gasteiger partial charge < -0.3 is 14.6 Å². The number of aromatic nitrogens is 2. The number of methoxy groups -OCH3 is 1. The Morgan fingerprint density at radius 1 is 1.08 bits per heavy atom. The molecule has 1 aliphatic heterocycles. The van der Waals surface area contributed by atoms with Crippen LogP contribution in [-0.4, -0.2) is 41.0 Å². The van der Waals surface area contributed by atoms with Crippen LogP contribution < -0.4 is 4.74 Å². The second-order valence-corrected chi connectivity index (χ2v) is 6.16. The standard InChI is InChI=1S/C21H19N3O2/c1-26-18-9-7-15(8-10-18)17-11-12-24(14-17)21(25)19-13-22-20(23-19)16-5-3-2-4-6-16/h2-11,13H,12,14H2,1H3,(H,22,23). The van der Waals surface area contributed by atoms with E-state index < -0.39 is 0 Å². The maximum atomic E-state index is 12.8. The van der Waals surface area contributed by atoms with Crippen molar-refractivity contribution in [2.75, 3.05) is 20.2 Å². The van der Waals surface area contributed by atoms with Gasteiger partial charge >= 0.3 is 0 Å². The highest BCUT2D eigenvalue weighted by Gasteiger charge is 2.23. The van der Waals surface area contributed by atoms with E-state index >= 15 is 0 Å². The number of amides is 1. The Labute approximate surface area is 152 Å². The van der Waals surface area contributed by atoms with E-state index in [1.54, 1.807) is 13.3 Å². The monoisotopic (exact) mass is 345 g/mol. The highest BCUT2D eigenvalue weighted by molar-refractivity contribution is 5.94. The molecule has 4 rings (SSSR count). The van der Waals surface area contributed by atoms with Crippen molar-refractivity contribution < 1.29 is 9.53 Å². The van der Waals surface area contributed by atoms with E-state index in [4.69, 9.17) is 4.74 Å². The van der Waals surface area contributed by atoms with E-state index in [2.05, 4.69) is 16.0 Å². The molecule has 1 N–H and O–H groups in total. The lowest BCUT2D eigenvalue weighted by molar-refractivity contribution is 0.0796. The first-order valence-electron chi connectivity index (χ1n) is 8.48. The number of nitrogens with zero attached hydrogens (tertiary/aromatic N) is 2. The zero-order chi connectivity index (χ0) is 17.9. The molecule has 130 valence electrons. The summed E-state index contributed by atoms with van der Waals surface area (Å²) in [5.41, 5.74) is 3.72. The van der Waals surface area contributed by atoms with Gasteiger partial charge in [-0.1, -0.05) is 48.5 Å². The van der Waals surface area contributed by atoms with E-state index in [1.807, 2.05) is 59.5 Å². The molecule has 2 aromatic carbocycles. The first-order valence-corrected chi connectivity index (χ1v) is 8.48. The average Bonchev–Trinajstić information content (AvgIpc) is 3.38. The predicted molar refractivity (Wildman–Crippen MR) is 101 cm³/mol. The minimum Gasteiger partial charge on any atom is -0.497 e. The summed E-state index contributed by atoms with van der Waals surface area (Å²) in [7, 11) is 1.65. The summed E-state index contributed by atoms with van der Waals surface area (Å²) in [4.78, 5) is 22.1. The van der Waals surface area contributed by atoms with Gasteiger partial charge in [0.15, 0.2) is 0 Å². The molecule has 0 spiro atoms. The lowest BCUT2D eigenvalue weighted by Gasteiger charge is -2.15. The lowest BCUT2D eigenvalue weighted by atomic mass is 10.1. The first-order chi connectivity index (χ1) is 12.7. The third-order valence-corrected chi connectivity index (χ3v) is 4.52. The van der Waals surface area contributed by atoms with E-state index in [0.717, 1.165) is 22.4 Å². The normalized spacial score (nSPS) is 13.6. The molecule has 2 heterocycles. The summed E-state index contributed by atoms with van der Waals surface area (Å²) in [5.74, 6) is 1.49. The summed E-state index contributed by atoms with van der Waals surface area (Å²) in [6.45, 7) is 1.19. The first kappa shape index (κ1) is 16.1. The van der Waals surface area contributed by atoms with Gasteiger partial charge in [-0.25, -0.2) is 4.98 Å². The highest BCUT2D eigenvalue weighted by Crippen LogP contribution is 2.24. The third-order valence-electron chi connectivity index (χ3n) is 4.52. The number of H-pyrrole nitrogens is 1. The Hall–Kier alpha value is -3.34. The third kappa shape index (κ3) is 3.11. The number of carbonyl (C=O) groups excluding carboxylic acids is 1. The molecule has 26 heavy (non-hydrogen) atoms. The van der Waals surface area contributed by atoms with Crippen molar-refractivity contribution in [2.45, 2.75) is 0 Å². The van der Waals surface area contributed by atoms with Gasteiger partial charge in [0.2, 0.25) is 0 Å². The minimum absolute atomic E-state index is 0.0422. The Bertz CT molecular complexity index is 943. The molecular weight excluding hydrogens is 326 g/mol. The SMILES string of the molecule is COc1ccc(C2=CCN(C(=O)c3cnc(-c4ccccc4)[nH]3)C2)cc1. The van der Waals surface area contributed by atoms with Crippen LogP contribution in [0.2, 0.25) is 0 Å². The van der Waals surface area contributed by atoms with Crippen LogP contribution in [0.25, 0.3) is 17.0 Å². The van der Waals surface area contributed by atoms with Crippen molar-refractivity contribution in [1.82, 2.24) is 14.9 Å². The second kappa shape index (κ2) is 6.88. The predicted octanol–water partition coefficient (Wildman–Crippen LogP) is 3.62. The largest absolute Gasteiger partial charge is 0.497 e. The molecule has 0 fully saturated rings. The molecule has 1 aromatic heterocycles. The second-order valence-electron chi connectivity index (χ2n) is 6.16. The van der Waals surface area contributed by atoms with Crippen LogP contribution in [0.5, 0.6) is 5.75 Å². The molecule has 0 aliphatic carbocycles. The van der Waals surface area contributed by atoms with E-state index in [-0.39, 0.29) is 5.91 Å².